The van der Waals surface area contributed by atoms with Gasteiger partial charge in [0.25, 0.3) is 0 Å². The van der Waals surface area contributed by atoms with Crippen LogP contribution in [0, 0.1) is 0 Å². The fourth-order valence-electron chi connectivity index (χ4n) is 1.19. The van der Waals surface area contributed by atoms with E-state index in [-0.39, 0.29) is 5.75 Å². The SMILES string of the molecule is Nc1cc(-c2cc(O)ccc2Cl)[nH]n1. The minimum atomic E-state index is 0.151. The number of anilines is 1. The van der Waals surface area contributed by atoms with E-state index in [0.29, 0.717) is 22.1 Å². The second kappa shape index (κ2) is 3.23. The first kappa shape index (κ1) is 8.90. The van der Waals surface area contributed by atoms with Crippen molar-refractivity contribution in [1.82, 2.24) is 10.2 Å². The Morgan fingerprint density at radius 2 is 2.14 bits per heavy atom. The normalized spacial score (nSPS) is 10.4. The minimum Gasteiger partial charge on any atom is -0.508 e. The predicted octanol–water partition coefficient (Wildman–Crippen LogP) is 2.02. The van der Waals surface area contributed by atoms with Gasteiger partial charge in [-0.1, -0.05) is 11.6 Å². The van der Waals surface area contributed by atoms with Gasteiger partial charge in [0.05, 0.1) is 10.7 Å². The van der Waals surface area contributed by atoms with Gasteiger partial charge in [-0.3, -0.25) is 5.10 Å². The summed E-state index contributed by atoms with van der Waals surface area (Å²) in [5, 5.41) is 16.3. The van der Waals surface area contributed by atoms with Crippen LogP contribution < -0.4 is 5.73 Å². The summed E-state index contributed by atoms with van der Waals surface area (Å²) >= 11 is 5.94. The fourth-order valence-corrected chi connectivity index (χ4v) is 1.41. The zero-order valence-corrected chi connectivity index (χ0v) is 7.92. The molecule has 4 N–H and O–H groups in total. The van der Waals surface area contributed by atoms with Crippen molar-refractivity contribution in [3.63, 3.8) is 0 Å². The molecule has 0 fully saturated rings. The van der Waals surface area contributed by atoms with Crippen molar-refractivity contribution >= 4 is 17.4 Å². The number of halogens is 1. The second-order valence-corrected chi connectivity index (χ2v) is 3.28. The number of aromatic nitrogens is 2. The van der Waals surface area contributed by atoms with Gasteiger partial charge >= 0.3 is 0 Å². The molecule has 0 unspecified atom stereocenters. The third kappa shape index (κ3) is 1.52. The molecule has 0 saturated carbocycles. The summed E-state index contributed by atoms with van der Waals surface area (Å²) in [6.07, 6.45) is 0. The third-order valence-electron chi connectivity index (χ3n) is 1.84. The Labute approximate surface area is 85.3 Å². The molecule has 0 aliphatic rings. The van der Waals surface area contributed by atoms with E-state index < -0.39 is 0 Å². The molecule has 1 aromatic heterocycles. The lowest BCUT2D eigenvalue weighted by Crippen LogP contribution is -1.81. The maximum atomic E-state index is 9.28. The van der Waals surface area contributed by atoms with E-state index >= 15 is 0 Å². The number of H-pyrrole nitrogens is 1. The molecule has 14 heavy (non-hydrogen) atoms. The molecule has 0 bridgehead atoms. The monoisotopic (exact) mass is 209 g/mol. The summed E-state index contributed by atoms with van der Waals surface area (Å²) in [6, 6.07) is 6.34. The van der Waals surface area contributed by atoms with Crippen molar-refractivity contribution in [2.45, 2.75) is 0 Å². The minimum absolute atomic E-state index is 0.151. The molecule has 0 atom stereocenters. The van der Waals surface area contributed by atoms with E-state index in [4.69, 9.17) is 17.3 Å². The van der Waals surface area contributed by atoms with Gasteiger partial charge < -0.3 is 10.8 Å². The number of rotatable bonds is 1. The van der Waals surface area contributed by atoms with Crippen LogP contribution in [0.5, 0.6) is 5.75 Å². The Bertz CT molecular complexity index is 467. The number of benzene rings is 1. The van der Waals surface area contributed by atoms with Crippen molar-refractivity contribution in [3.05, 3.63) is 29.3 Å². The van der Waals surface area contributed by atoms with E-state index in [0.717, 1.165) is 0 Å². The summed E-state index contributed by atoms with van der Waals surface area (Å²) in [7, 11) is 0. The average molecular weight is 210 g/mol. The van der Waals surface area contributed by atoms with Crippen LogP contribution >= 0.6 is 11.6 Å². The highest BCUT2D eigenvalue weighted by atomic mass is 35.5. The van der Waals surface area contributed by atoms with Gasteiger partial charge in [0.15, 0.2) is 0 Å². The quantitative estimate of drug-likeness (QED) is 0.673. The number of nitrogen functional groups attached to an aromatic ring is 1. The summed E-state index contributed by atoms with van der Waals surface area (Å²) < 4.78 is 0. The van der Waals surface area contributed by atoms with Crippen LogP contribution in [0.25, 0.3) is 11.3 Å². The molecule has 0 aliphatic carbocycles. The van der Waals surface area contributed by atoms with Crippen LogP contribution in [0.3, 0.4) is 0 Å². The van der Waals surface area contributed by atoms with Gasteiger partial charge in [0.1, 0.15) is 11.6 Å². The van der Waals surface area contributed by atoms with Gasteiger partial charge in [-0.15, -0.1) is 0 Å². The molecule has 2 aromatic rings. The largest absolute Gasteiger partial charge is 0.508 e. The van der Waals surface area contributed by atoms with E-state index in [2.05, 4.69) is 10.2 Å². The Kier molecular flexibility index (Phi) is 2.05. The molecule has 0 aliphatic heterocycles. The van der Waals surface area contributed by atoms with Gasteiger partial charge in [-0.2, -0.15) is 5.10 Å². The van der Waals surface area contributed by atoms with Gasteiger partial charge in [0, 0.05) is 11.6 Å². The maximum Gasteiger partial charge on any atom is 0.145 e. The van der Waals surface area contributed by atoms with Gasteiger partial charge in [-0.25, -0.2) is 0 Å². The van der Waals surface area contributed by atoms with Crippen LogP contribution in [0.15, 0.2) is 24.3 Å². The second-order valence-electron chi connectivity index (χ2n) is 2.87. The van der Waals surface area contributed by atoms with E-state index in [1.165, 1.54) is 6.07 Å². The molecular formula is C9H8ClN3O. The molecule has 2 rings (SSSR count). The van der Waals surface area contributed by atoms with Crippen molar-refractivity contribution in [1.29, 1.82) is 0 Å². The molecular weight excluding hydrogens is 202 g/mol. The third-order valence-corrected chi connectivity index (χ3v) is 2.17. The zero-order chi connectivity index (χ0) is 10.1. The number of aromatic hydroxyl groups is 1. The topological polar surface area (TPSA) is 74.9 Å². The maximum absolute atomic E-state index is 9.28. The standard InChI is InChI=1S/C9H8ClN3O/c10-7-2-1-5(14)3-6(7)8-4-9(11)13-12-8/h1-4,14H,(H3,11,12,13). The fraction of sp³-hybridized carbons (Fsp3) is 0. The van der Waals surface area contributed by atoms with E-state index in [9.17, 15) is 5.11 Å². The lowest BCUT2D eigenvalue weighted by atomic mass is 10.1. The molecule has 0 radical (unpaired) electrons. The molecule has 1 heterocycles. The van der Waals surface area contributed by atoms with Crippen molar-refractivity contribution in [3.8, 4) is 17.0 Å². The van der Waals surface area contributed by atoms with E-state index in [1.807, 2.05) is 0 Å². The molecule has 72 valence electrons. The predicted molar refractivity (Wildman–Crippen MR) is 55.1 cm³/mol. The van der Waals surface area contributed by atoms with Crippen molar-refractivity contribution in [2.24, 2.45) is 0 Å². The van der Waals surface area contributed by atoms with Gasteiger partial charge in [-0.05, 0) is 18.2 Å². The first-order chi connectivity index (χ1) is 6.66. The molecule has 0 spiro atoms. The first-order valence-electron chi connectivity index (χ1n) is 3.96. The van der Waals surface area contributed by atoms with Gasteiger partial charge in [0.2, 0.25) is 0 Å². The van der Waals surface area contributed by atoms with Crippen LogP contribution in [0.2, 0.25) is 5.02 Å². The molecule has 0 saturated heterocycles. The highest BCUT2D eigenvalue weighted by Gasteiger charge is 2.06. The van der Waals surface area contributed by atoms with Crippen molar-refractivity contribution in [2.75, 3.05) is 5.73 Å². The molecule has 0 amide bonds. The Hall–Kier alpha value is -1.68. The number of nitrogens with zero attached hydrogens (tertiary/aromatic N) is 1. The molecule has 5 heteroatoms. The number of phenolic OH excluding ortho intramolecular Hbond substituents is 1. The summed E-state index contributed by atoms with van der Waals surface area (Å²) in [4.78, 5) is 0. The number of nitrogens with two attached hydrogens (primary N) is 1. The smallest absolute Gasteiger partial charge is 0.145 e. The number of phenols is 1. The van der Waals surface area contributed by atoms with Crippen molar-refractivity contribution < 1.29 is 5.11 Å². The highest BCUT2D eigenvalue weighted by molar-refractivity contribution is 6.33. The number of hydrogen-bond donors (Lipinski definition) is 3. The first-order valence-corrected chi connectivity index (χ1v) is 4.34. The highest BCUT2D eigenvalue weighted by Crippen LogP contribution is 2.30. The lowest BCUT2D eigenvalue weighted by molar-refractivity contribution is 0.475. The average Bonchev–Trinajstić information content (AvgIpc) is 2.56. The molecule has 1 aromatic carbocycles. The zero-order valence-electron chi connectivity index (χ0n) is 7.16. The van der Waals surface area contributed by atoms with Crippen LogP contribution in [-0.4, -0.2) is 15.3 Å². The lowest BCUT2D eigenvalue weighted by Gasteiger charge is -2.01. The summed E-state index contributed by atoms with van der Waals surface area (Å²) in [6.45, 7) is 0. The Morgan fingerprint density at radius 1 is 1.36 bits per heavy atom. The van der Waals surface area contributed by atoms with Crippen LogP contribution in [0.4, 0.5) is 5.82 Å². The number of hydrogen-bond acceptors (Lipinski definition) is 3. The van der Waals surface area contributed by atoms with E-state index in [1.54, 1.807) is 18.2 Å². The number of aromatic amines is 1. The Morgan fingerprint density at radius 3 is 2.79 bits per heavy atom. The molecule has 4 nitrogen and oxygen atoms in total. The van der Waals surface area contributed by atoms with Crippen LogP contribution in [0.1, 0.15) is 0 Å². The summed E-state index contributed by atoms with van der Waals surface area (Å²) in [5.74, 6) is 0.539. The number of nitrogens with one attached hydrogen (secondary N) is 1. The van der Waals surface area contributed by atoms with Crippen LogP contribution in [-0.2, 0) is 0 Å². The Balaban J connectivity index is 2.55. The summed E-state index contributed by atoms with van der Waals surface area (Å²) in [5.41, 5.74) is 6.82.